The molecule has 6 heteroatoms. The minimum Gasteiger partial charge on any atom is -0.436 e. The van der Waals surface area contributed by atoms with E-state index in [4.69, 9.17) is 24.4 Å². The van der Waals surface area contributed by atoms with Crippen LogP contribution in [0.15, 0.2) is 162 Å². The van der Waals surface area contributed by atoms with E-state index in [1.54, 1.807) is 11.3 Å². The van der Waals surface area contributed by atoms with Crippen molar-refractivity contribution in [2.75, 3.05) is 0 Å². The molecule has 5 nitrogen and oxygen atoms in total. The third kappa shape index (κ3) is 4.77. The Bertz CT molecular complexity index is 2880. The minimum absolute atomic E-state index is 0.625. The van der Waals surface area contributed by atoms with Crippen LogP contribution in [0.1, 0.15) is 0 Å². The van der Waals surface area contributed by atoms with Crippen molar-refractivity contribution in [1.29, 1.82) is 0 Å². The van der Waals surface area contributed by atoms with Crippen molar-refractivity contribution in [2.45, 2.75) is 0 Å². The zero-order valence-electron chi connectivity index (χ0n) is 26.6. The van der Waals surface area contributed by atoms with Crippen molar-refractivity contribution in [1.82, 2.24) is 19.9 Å². The molecule has 0 radical (unpaired) electrons. The molecular weight excluding hydrogens is 633 g/mol. The Hall–Kier alpha value is -6.50. The quantitative estimate of drug-likeness (QED) is 0.184. The van der Waals surface area contributed by atoms with Crippen LogP contribution in [0.5, 0.6) is 0 Å². The summed E-state index contributed by atoms with van der Waals surface area (Å²) in [5.41, 5.74) is 7.62. The maximum atomic E-state index is 6.26. The molecule has 0 spiro atoms. The Balaban J connectivity index is 1.17. The van der Waals surface area contributed by atoms with E-state index in [1.165, 1.54) is 10.1 Å². The van der Waals surface area contributed by atoms with Gasteiger partial charge in [0.15, 0.2) is 23.1 Å². The van der Waals surface area contributed by atoms with Crippen LogP contribution < -0.4 is 0 Å². The molecule has 3 aromatic heterocycles. The molecule has 0 bridgehead atoms. The Morgan fingerprint density at radius 2 is 1.10 bits per heavy atom. The van der Waals surface area contributed by atoms with E-state index < -0.39 is 0 Å². The average molecular weight is 659 g/mol. The highest BCUT2D eigenvalue weighted by molar-refractivity contribution is 7.26. The van der Waals surface area contributed by atoms with Crippen LogP contribution in [0.4, 0.5) is 0 Å². The molecule has 0 saturated carbocycles. The van der Waals surface area contributed by atoms with Crippen LogP contribution in [-0.4, -0.2) is 19.9 Å². The van der Waals surface area contributed by atoms with Crippen molar-refractivity contribution in [3.63, 3.8) is 0 Å². The number of thiophene rings is 1. The minimum atomic E-state index is 0.625. The van der Waals surface area contributed by atoms with Gasteiger partial charge in [-0.25, -0.2) is 19.9 Å². The summed E-state index contributed by atoms with van der Waals surface area (Å²) in [6.07, 6.45) is 0. The molecule has 0 aliphatic rings. The van der Waals surface area contributed by atoms with Crippen LogP contribution in [0.3, 0.4) is 0 Å². The lowest BCUT2D eigenvalue weighted by molar-refractivity contribution is 0.620. The second-order valence-electron chi connectivity index (χ2n) is 12.2. The number of nitrogens with zero attached hydrogens (tertiary/aromatic N) is 4. The molecule has 7 aromatic carbocycles. The molecule has 0 aliphatic carbocycles. The summed E-state index contributed by atoms with van der Waals surface area (Å²) >= 11 is 1.77. The van der Waals surface area contributed by atoms with Gasteiger partial charge in [-0.05, 0) is 46.7 Å². The monoisotopic (exact) mass is 658 g/mol. The Labute approximate surface area is 291 Å². The van der Waals surface area contributed by atoms with Crippen molar-refractivity contribution >= 4 is 53.4 Å². The summed E-state index contributed by atoms with van der Waals surface area (Å²) in [5, 5.41) is 4.57. The molecule has 0 aliphatic heterocycles. The number of rotatable bonds is 5. The van der Waals surface area contributed by atoms with E-state index >= 15 is 0 Å². The maximum absolute atomic E-state index is 6.26. The van der Waals surface area contributed by atoms with Gasteiger partial charge in [0.1, 0.15) is 5.52 Å². The first-order valence-corrected chi connectivity index (χ1v) is 17.3. The van der Waals surface area contributed by atoms with Gasteiger partial charge in [-0.3, -0.25) is 0 Å². The van der Waals surface area contributed by atoms with Gasteiger partial charge in [0.2, 0.25) is 5.89 Å². The standard InChI is InChI=1S/C44H26N4OS/c1-3-13-28(14-4-1)41-46-42(31-23-22-27-12-7-8-17-30(27)26-31)48-43(47-41)34-19-10-9-18-32(34)33-20-11-21-35-38-37(50-40(33)35)25-24-36-39(38)45-44(49-36)29-15-5-2-6-16-29/h1-26H. The highest BCUT2D eigenvalue weighted by Gasteiger charge is 2.20. The van der Waals surface area contributed by atoms with Crippen LogP contribution in [-0.2, 0) is 0 Å². The van der Waals surface area contributed by atoms with E-state index in [1.807, 2.05) is 66.7 Å². The third-order valence-electron chi connectivity index (χ3n) is 9.17. The normalized spacial score (nSPS) is 11.6. The van der Waals surface area contributed by atoms with Gasteiger partial charge in [-0.15, -0.1) is 11.3 Å². The second kappa shape index (κ2) is 11.6. The average Bonchev–Trinajstić information content (AvgIpc) is 3.80. The first-order chi connectivity index (χ1) is 24.8. The van der Waals surface area contributed by atoms with Gasteiger partial charge in [0.05, 0.1) is 0 Å². The fourth-order valence-electron chi connectivity index (χ4n) is 6.77. The third-order valence-corrected chi connectivity index (χ3v) is 10.4. The van der Waals surface area contributed by atoms with Crippen molar-refractivity contribution in [3.05, 3.63) is 158 Å². The predicted molar refractivity (Wildman–Crippen MR) is 205 cm³/mol. The lowest BCUT2D eigenvalue weighted by atomic mass is 9.97. The zero-order valence-corrected chi connectivity index (χ0v) is 27.4. The van der Waals surface area contributed by atoms with Gasteiger partial charge in [-0.1, -0.05) is 127 Å². The SMILES string of the molecule is c1ccc(-c2nc(-c3ccc4ccccc4c3)nc(-c3ccccc3-c3cccc4c3sc3ccc5oc(-c6ccccc6)nc5c34)n2)cc1. The molecule has 234 valence electrons. The van der Waals surface area contributed by atoms with Gasteiger partial charge in [-0.2, -0.15) is 0 Å². The molecule has 0 saturated heterocycles. The predicted octanol–water partition coefficient (Wildman–Crippen LogP) is 11.9. The molecule has 0 atom stereocenters. The molecule has 0 amide bonds. The van der Waals surface area contributed by atoms with Crippen LogP contribution >= 0.6 is 11.3 Å². The summed E-state index contributed by atoms with van der Waals surface area (Å²) < 4.78 is 8.60. The lowest BCUT2D eigenvalue weighted by Gasteiger charge is -2.13. The maximum Gasteiger partial charge on any atom is 0.227 e. The van der Waals surface area contributed by atoms with Crippen LogP contribution in [0.25, 0.3) is 98.8 Å². The highest BCUT2D eigenvalue weighted by atomic mass is 32.1. The van der Waals surface area contributed by atoms with Gasteiger partial charge in [0, 0.05) is 48.0 Å². The molecule has 10 aromatic rings. The summed E-state index contributed by atoms with van der Waals surface area (Å²) in [7, 11) is 0. The molecule has 0 unspecified atom stereocenters. The molecule has 0 fully saturated rings. The molecule has 50 heavy (non-hydrogen) atoms. The fraction of sp³-hybridized carbons (Fsp3) is 0. The van der Waals surface area contributed by atoms with Gasteiger partial charge < -0.3 is 4.42 Å². The molecule has 0 N–H and O–H groups in total. The van der Waals surface area contributed by atoms with Crippen LogP contribution in [0.2, 0.25) is 0 Å². The number of hydrogen-bond acceptors (Lipinski definition) is 6. The number of aromatic nitrogens is 4. The number of fused-ring (bicyclic) bond motifs is 6. The molecule has 10 rings (SSSR count). The largest absolute Gasteiger partial charge is 0.436 e. The Morgan fingerprint density at radius 1 is 0.440 bits per heavy atom. The van der Waals surface area contributed by atoms with E-state index in [0.717, 1.165) is 65.3 Å². The molecule has 3 heterocycles. The Kier molecular flexibility index (Phi) is 6.60. The first-order valence-electron chi connectivity index (χ1n) is 16.5. The van der Waals surface area contributed by atoms with Gasteiger partial charge in [0.25, 0.3) is 0 Å². The van der Waals surface area contributed by atoms with Crippen molar-refractivity contribution in [3.8, 4) is 56.7 Å². The molecular formula is C44H26N4OS. The smallest absolute Gasteiger partial charge is 0.227 e. The topological polar surface area (TPSA) is 64.7 Å². The first kappa shape index (κ1) is 28.5. The van der Waals surface area contributed by atoms with E-state index in [-0.39, 0.29) is 0 Å². The number of benzene rings is 7. The summed E-state index contributed by atoms with van der Waals surface area (Å²) in [6, 6.07) is 54.0. The van der Waals surface area contributed by atoms with E-state index in [0.29, 0.717) is 23.4 Å². The zero-order chi connectivity index (χ0) is 33.0. The van der Waals surface area contributed by atoms with Gasteiger partial charge >= 0.3 is 0 Å². The van der Waals surface area contributed by atoms with Crippen molar-refractivity contribution in [2.24, 2.45) is 0 Å². The van der Waals surface area contributed by atoms with Crippen molar-refractivity contribution < 1.29 is 4.42 Å². The highest BCUT2D eigenvalue weighted by Crippen LogP contribution is 2.45. The second-order valence-corrected chi connectivity index (χ2v) is 13.3. The fourth-order valence-corrected chi connectivity index (χ4v) is 8.01. The van der Waals surface area contributed by atoms with Crippen LogP contribution in [0, 0.1) is 0 Å². The Morgan fingerprint density at radius 3 is 1.92 bits per heavy atom. The summed E-state index contributed by atoms with van der Waals surface area (Å²) in [6.45, 7) is 0. The van der Waals surface area contributed by atoms with E-state index in [2.05, 4.69) is 91.0 Å². The number of oxazole rings is 1. The summed E-state index contributed by atoms with van der Waals surface area (Å²) in [5.74, 6) is 2.52. The van der Waals surface area contributed by atoms with E-state index in [9.17, 15) is 0 Å². The lowest BCUT2D eigenvalue weighted by Crippen LogP contribution is -2.01. The summed E-state index contributed by atoms with van der Waals surface area (Å²) in [4.78, 5) is 20.3. The number of hydrogen-bond donors (Lipinski definition) is 0.